The molecular weight excluding hydrogens is 446 g/mol. The molecule has 0 atom stereocenters. The van der Waals surface area contributed by atoms with Gasteiger partial charge in [0.05, 0.1) is 12.3 Å². The van der Waals surface area contributed by atoms with Crippen LogP contribution in [0.15, 0.2) is 27.5 Å². The fraction of sp³-hybridized carbons (Fsp3) is 0.167. The Kier molecular flexibility index (Phi) is 4.99. The van der Waals surface area contributed by atoms with Gasteiger partial charge in [0.2, 0.25) is 0 Å². The van der Waals surface area contributed by atoms with E-state index in [0.717, 1.165) is 10.0 Å². The lowest BCUT2D eigenvalue weighted by molar-refractivity contribution is 0.180. The predicted molar refractivity (Wildman–Crippen MR) is 86.4 cm³/mol. The normalized spacial score (nSPS) is 10.7. The van der Waals surface area contributed by atoms with Crippen LogP contribution in [0.1, 0.15) is 5.69 Å². The fourth-order valence-electron chi connectivity index (χ4n) is 1.55. The Morgan fingerprint density at radius 1 is 1.53 bits per heavy atom. The summed E-state index contributed by atoms with van der Waals surface area (Å²) in [4.78, 5) is 19.1. The standard InChI is InChI=1S/C12H9BrClIN2O2/c1-19-5-9-10(15)12(18)17-11(16-9)7-3-2-6(14)4-8(7)13/h2-4H,5H2,1H3,(H,16,17,18). The van der Waals surface area contributed by atoms with Crippen molar-refractivity contribution in [2.45, 2.75) is 6.61 Å². The van der Waals surface area contributed by atoms with E-state index in [4.69, 9.17) is 16.3 Å². The van der Waals surface area contributed by atoms with E-state index < -0.39 is 0 Å². The molecule has 0 amide bonds. The Hall–Kier alpha value is -0.440. The maximum atomic E-state index is 11.9. The maximum absolute atomic E-state index is 11.9. The van der Waals surface area contributed by atoms with E-state index in [2.05, 4.69) is 25.9 Å². The van der Waals surface area contributed by atoms with Crippen LogP contribution in [0.4, 0.5) is 0 Å². The number of benzene rings is 1. The number of ether oxygens (including phenoxy) is 1. The number of halogens is 3. The summed E-state index contributed by atoms with van der Waals surface area (Å²) in [5.41, 5.74) is 1.21. The largest absolute Gasteiger partial charge is 0.378 e. The highest BCUT2D eigenvalue weighted by atomic mass is 127. The van der Waals surface area contributed by atoms with Gasteiger partial charge in [-0.15, -0.1) is 0 Å². The van der Waals surface area contributed by atoms with Gasteiger partial charge in [0.1, 0.15) is 9.39 Å². The second-order valence-electron chi connectivity index (χ2n) is 3.73. The molecule has 7 heteroatoms. The summed E-state index contributed by atoms with van der Waals surface area (Å²) in [6.07, 6.45) is 0. The first-order valence-electron chi connectivity index (χ1n) is 5.26. The van der Waals surface area contributed by atoms with Gasteiger partial charge >= 0.3 is 0 Å². The second kappa shape index (κ2) is 6.34. The average molecular weight is 455 g/mol. The Balaban J connectivity index is 2.59. The van der Waals surface area contributed by atoms with E-state index >= 15 is 0 Å². The van der Waals surface area contributed by atoms with Gasteiger partial charge in [-0.25, -0.2) is 4.98 Å². The van der Waals surface area contributed by atoms with Gasteiger partial charge in [-0.2, -0.15) is 0 Å². The van der Waals surface area contributed by atoms with E-state index in [9.17, 15) is 4.79 Å². The predicted octanol–water partition coefficient (Wildman–Crippen LogP) is 3.60. The monoisotopic (exact) mass is 454 g/mol. The van der Waals surface area contributed by atoms with Gasteiger partial charge in [-0.3, -0.25) is 4.79 Å². The zero-order valence-electron chi connectivity index (χ0n) is 9.84. The van der Waals surface area contributed by atoms with Crippen molar-refractivity contribution in [1.29, 1.82) is 0 Å². The van der Waals surface area contributed by atoms with Gasteiger partial charge < -0.3 is 9.72 Å². The highest BCUT2D eigenvalue weighted by Crippen LogP contribution is 2.28. The molecule has 0 saturated carbocycles. The molecular formula is C12H9BrClIN2O2. The number of nitrogens with one attached hydrogen (secondary N) is 1. The van der Waals surface area contributed by atoms with Crippen molar-refractivity contribution in [3.8, 4) is 11.4 Å². The third-order valence-corrected chi connectivity index (χ3v) is 4.40. The third kappa shape index (κ3) is 3.36. The summed E-state index contributed by atoms with van der Waals surface area (Å²) >= 11 is 11.3. The molecule has 0 bridgehead atoms. The van der Waals surface area contributed by atoms with E-state index in [-0.39, 0.29) is 5.56 Å². The summed E-state index contributed by atoms with van der Waals surface area (Å²) in [6, 6.07) is 5.30. The second-order valence-corrected chi connectivity index (χ2v) is 6.10. The van der Waals surface area contributed by atoms with Gasteiger partial charge in [-0.1, -0.05) is 11.6 Å². The molecule has 1 N–H and O–H groups in total. The number of methoxy groups -OCH3 is 1. The van der Waals surface area contributed by atoms with Crippen LogP contribution >= 0.6 is 50.1 Å². The molecule has 1 heterocycles. The van der Waals surface area contributed by atoms with Crippen LogP contribution in [0.2, 0.25) is 5.02 Å². The molecule has 1 aromatic heterocycles. The molecule has 0 saturated heterocycles. The number of hydrogen-bond acceptors (Lipinski definition) is 3. The smallest absolute Gasteiger partial charge is 0.264 e. The van der Waals surface area contributed by atoms with Gasteiger partial charge in [0.25, 0.3) is 5.56 Å². The molecule has 0 fully saturated rings. The molecule has 0 radical (unpaired) electrons. The van der Waals surface area contributed by atoms with Crippen molar-refractivity contribution in [1.82, 2.24) is 9.97 Å². The number of H-pyrrole nitrogens is 1. The molecule has 0 aliphatic rings. The zero-order chi connectivity index (χ0) is 14.0. The van der Waals surface area contributed by atoms with Crippen LogP contribution in [0.5, 0.6) is 0 Å². The first-order valence-corrected chi connectivity index (χ1v) is 7.51. The molecule has 19 heavy (non-hydrogen) atoms. The minimum absolute atomic E-state index is 0.181. The SMILES string of the molecule is COCc1nc(-c2ccc(Cl)cc2Br)[nH]c(=O)c1I. The lowest BCUT2D eigenvalue weighted by Crippen LogP contribution is -2.16. The van der Waals surface area contributed by atoms with Crippen molar-refractivity contribution in [3.63, 3.8) is 0 Å². The Morgan fingerprint density at radius 2 is 2.26 bits per heavy atom. The van der Waals surface area contributed by atoms with Crippen LogP contribution in [0.25, 0.3) is 11.4 Å². The molecule has 2 rings (SSSR count). The number of rotatable bonds is 3. The number of aromatic amines is 1. The summed E-state index contributed by atoms with van der Waals surface area (Å²) in [7, 11) is 1.57. The average Bonchev–Trinajstić information content (AvgIpc) is 2.35. The highest BCUT2D eigenvalue weighted by molar-refractivity contribution is 14.1. The Morgan fingerprint density at radius 3 is 2.89 bits per heavy atom. The van der Waals surface area contributed by atoms with Crippen molar-refractivity contribution >= 4 is 50.1 Å². The van der Waals surface area contributed by atoms with E-state index in [1.54, 1.807) is 25.3 Å². The zero-order valence-corrected chi connectivity index (χ0v) is 14.3. The van der Waals surface area contributed by atoms with Crippen LogP contribution < -0.4 is 5.56 Å². The molecule has 0 unspecified atom stereocenters. The quantitative estimate of drug-likeness (QED) is 0.720. The first-order chi connectivity index (χ1) is 9.02. The molecule has 1 aromatic carbocycles. The van der Waals surface area contributed by atoms with E-state index in [0.29, 0.717) is 26.7 Å². The van der Waals surface area contributed by atoms with E-state index in [1.807, 2.05) is 22.6 Å². The van der Waals surface area contributed by atoms with Crippen LogP contribution in [0.3, 0.4) is 0 Å². The summed E-state index contributed by atoms with van der Waals surface area (Å²) in [5, 5.41) is 0.612. The van der Waals surface area contributed by atoms with Crippen molar-refractivity contribution in [3.05, 3.63) is 47.3 Å². The topological polar surface area (TPSA) is 55.0 Å². The number of nitrogens with zero attached hydrogens (tertiary/aromatic N) is 1. The molecule has 0 aliphatic heterocycles. The molecule has 4 nitrogen and oxygen atoms in total. The lowest BCUT2D eigenvalue weighted by atomic mass is 10.2. The first kappa shape index (κ1) is 15.0. The Bertz CT molecular complexity index is 675. The van der Waals surface area contributed by atoms with Crippen LogP contribution in [0, 0.1) is 3.57 Å². The van der Waals surface area contributed by atoms with Crippen molar-refractivity contribution in [2.75, 3.05) is 7.11 Å². The van der Waals surface area contributed by atoms with Gasteiger partial charge in [-0.05, 0) is 56.7 Å². The summed E-state index contributed by atoms with van der Waals surface area (Å²) in [5.74, 6) is 0.487. The number of hydrogen-bond donors (Lipinski definition) is 1. The third-order valence-electron chi connectivity index (χ3n) is 2.40. The lowest BCUT2D eigenvalue weighted by Gasteiger charge is -2.08. The summed E-state index contributed by atoms with van der Waals surface area (Å²) < 4.78 is 6.36. The molecule has 100 valence electrons. The molecule has 0 aliphatic carbocycles. The minimum Gasteiger partial charge on any atom is -0.378 e. The maximum Gasteiger partial charge on any atom is 0.264 e. The van der Waals surface area contributed by atoms with Gasteiger partial charge in [0.15, 0.2) is 0 Å². The van der Waals surface area contributed by atoms with Gasteiger partial charge in [0, 0.05) is 22.2 Å². The molecule has 0 spiro atoms. The Labute approximate surface area is 136 Å². The summed E-state index contributed by atoms with van der Waals surface area (Å²) in [6.45, 7) is 0.292. The molecule has 2 aromatic rings. The number of aromatic nitrogens is 2. The van der Waals surface area contributed by atoms with Crippen LogP contribution in [-0.4, -0.2) is 17.1 Å². The fourth-order valence-corrected chi connectivity index (χ4v) is 2.83. The van der Waals surface area contributed by atoms with Crippen LogP contribution in [-0.2, 0) is 11.3 Å². The van der Waals surface area contributed by atoms with Crippen molar-refractivity contribution in [2.24, 2.45) is 0 Å². The highest BCUT2D eigenvalue weighted by Gasteiger charge is 2.12. The van der Waals surface area contributed by atoms with E-state index in [1.165, 1.54) is 0 Å². The van der Waals surface area contributed by atoms with Crippen molar-refractivity contribution < 1.29 is 4.74 Å². The minimum atomic E-state index is -0.181.